The lowest BCUT2D eigenvalue weighted by atomic mass is 10.0. The van der Waals surface area contributed by atoms with Crippen LogP contribution in [-0.4, -0.2) is 31.3 Å². The maximum Gasteiger partial charge on any atom is 0.159 e. The molecule has 0 saturated carbocycles. The zero-order valence-corrected chi connectivity index (χ0v) is 13.5. The van der Waals surface area contributed by atoms with E-state index in [1.54, 1.807) is 24.3 Å². The van der Waals surface area contributed by atoms with Crippen molar-refractivity contribution in [2.24, 2.45) is 5.92 Å². The summed E-state index contributed by atoms with van der Waals surface area (Å²) in [6, 6.07) is 5.29. The fraction of sp³-hybridized carbons (Fsp3) is 0.357. The molecule has 1 aromatic rings. The Labute approximate surface area is 130 Å². The second-order valence-electron chi connectivity index (χ2n) is 4.57. The highest BCUT2D eigenvalue weighted by Crippen LogP contribution is 2.23. The molecule has 0 aromatic heterocycles. The molecule has 0 bridgehead atoms. The Morgan fingerprint density at radius 1 is 1.32 bits per heavy atom. The summed E-state index contributed by atoms with van der Waals surface area (Å²) in [5.74, 6) is 0.0915. The van der Waals surface area contributed by atoms with Gasteiger partial charge < -0.3 is 4.90 Å². The number of rotatable bonds is 5. The fourth-order valence-electron chi connectivity index (χ4n) is 1.60. The lowest BCUT2D eigenvalue weighted by molar-refractivity contribution is -0.118. The van der Waals surface area contributed by atoms with Gasteiger partial charge in [0.2, 0.25) is 0 Å². The quantitative estimate of drug-likeness (QED) is 0.757. The molecule has 1 atom stereocenters. The Balaban J connectivity index is 0.00000324. The van der Waals surface area contributed by atoms with Crippen LogP contribution in [0.15, 0.2) is 24.3 Å². The highest BCUT2D eigenvalue weighted by Gasteiger charge is 2.10. The SMILES string of the molecule is CC(CN(C)C)C(=O)/C=C/c1ccc(Cl)c(Cl)c1.Cl. The smallest absolute Gasteiger partial charge is 0.159 e. The molecule has 1 unspecified atom stereocenters. The predicted octanol–water partition coefficient (Wildman–Crippen LogP) is 4.20. The summed E-state index contributed by atoms with van der Waals surface area (Å²) in [5, 5.41) is 1.01. The van der Waals surface area contributed by atoms with Crippen LogP contribution in [0.2, 0.25) is 10.0 Å². The van der Waals surface area contributed by atoms with Gasteiger partial charge in [0.05, 0.1) is 10.0 Å². The molecule has 0 amide bonds. The minimum absolute atomic E-state index is 0. The number of nitrogens with zero attached hydrogens (tertiary/aromatic N) is 1. The van der Waals surface area contributed by atoms with Crippen molar-refractivity contribution in [3.05, 3.63) is 39.9 Å². The normalized spacial score (nSPS) is 12.5. The van der Waals surface area contributed by atoms with Gasteiger partial charge in [-0.15, -0.1) is 12.4 Å². The fourth-order valence-corrected chi connectivity index (χ4v) is 1.90. The molecule has 0 aliphatic rings. The van der Waals surface area contributed by atoms with E-state index in [4.69, 9.17) is 23.2 Å². The van der Waals surface area contributed by atoms with Gasteiger partial charge in [-0.2, -0.15) is 0 Å². The summed E-state index contributed by atoms with van der Waals surface area (Å²) in [6.45, 7) is 2.66. The van der Waals surface area contributed by atoms with E-state index in [1.807, 2.05) is 32.0 Å². The van der Waals surface area contributed by atoms with Crippen LogP contribution in [0.4, 0.5) is 0 Å². The third-order valence-electron chi connectivity index (χ3n) is 2.51. The van der Waals surface area contributed by atoms with E-state index in [2.05, 4.69) is 0 Å². The summed E-state index contributed by atoms with van der Waals surface area (Å²) >= 11 is 11.7. The van der Waals surface area contributed by atoms with Crippen LogP contribution in [0, 0.1) is 5.92 Å². The molecule has 1 rings (SSSR count). The molecule has 0 N–H and O–H groups in total. The van der Waals surface area contributed by atoms with E-state index in [1.165, 1.54) is 0 Å². The molecule has 0 fully saturated rings. The van der Waals surface area contributed by atoms with Gasteiger partial charge in [0.25, 0.3) is 0 Å². The molecule has 0 spiro atoms. The number of hydrogen-bond donors (Lipinski definition) is 0. The van der Waals surface area contributed by atoms with Crippen LogP contribution in [0.3, 0.4) is 0 Å². The molecule has 0 radical (unpaired) electrons. The summed E-state index contributed by atoms with van der Waals surface area (Å²) in [6.07, 6.45) is 3.35. The molecule has 0 aliphatic heterocycles. The Morgan fingerprint density at radius 2 is 1.95 bits per heavy atom. The largest absolute Gasteiger partial charge is 0.309 e. The molecule has 106 valence electrons. The van der Waals surface area contributed by atoms with Gasteiger partial charge in [-0.25, -0.2) is 0 Å². The number of hydrogen-bond acceptors (Lipinski definition) is 2. The lowest BCUT2D eigenvalue weighted by Gasteiger charge is -2.13. The van der Waals surface area contributed by atoms with Crippen LogP contribution in [0.1, 0.15) is 12.5 Å². The molecule has 19 heavy (non-hydrogen) atoms. The Hall–Kier alpha value is -0.540. The molecule has 0 saturated heterocycles. The Bertz CT molecular complexity index is 458. The number of benzene rings is 1. The number of allylic oxidation sites excluding steroid dienone is 1. The summed E-state index contributed by atoms with van der Waals surface area (Å²) in [5.41, 5.74) is 0.870. The maximum absolute atomic E-state index is 11.8. The highest BCUT2D eigenvalue weighted by molar-refractivity contribution is 6.42. The summed E-state index contributed by atoms with van der Waals surface area (Å²) in [7, 11) is 3.90. The van der Waals surface area contributed by atoms with Crippen molar-refractivity contribution in [3.8, 4) is 0 Å². The average Bonchev–Trinajstić information content (AvgIpc) is 2.29. The first kappa shape index (κ1) is 18.5. The van der Waals surface area contributed by atoms with Crippen LogP contribution in [0.5, 0.6) is 0 Å². The first-order valence-corrected chi connectivity index (χ1v) is 6.47. The van der Waals surface area contributed by atoms with Gasteiger partial charge in [0.1, 0.15) is 0 Å². The van der Waals surface area contributed by atoms with Gasteiger partial charge in [0.15, 0.2) is 5.78 Å². The number of carbonyl (C=O) groups is 1. The molecule has 2 nitrogen and oxygen atoms in total. The lowest BCUT2D eigenvalue weighted by Crippen LogP contribution is -2.24. The van der Waals surface area contributed by atoms with Gasteiger partial charge in [-0.1, -0.05) is 42.3 Å². The van der Waals surface area contributed by atoms with Crippen molar-refractivity contribution in [1.29, 1.82) is 0 Å². The third-order valence-corrected chi connectivity index (χ3v) is 3.25. The van der Waals surface area contributed by atoms with Crippen molar-refractivity contribution in [1.82, 2.24) is 4.90 Å². The molecule has 0 heterocycles. The van der Waals surface area contributed by atoms with Crippen LogP contribution in [0.25, 0.3) is 6.08 Å². The Kier molecular flexibility index (Phi) is 8.35. The van der Waals surface area contributed by atoms with Crippen molar-refractivity contribution in [2.45, 2.75) is 6.92 Å². The summed E-state index contributed by atoms with van der Waals surface area (Å²) < 4.78 is 0. The van der Waals surface area contributed by atoms with E-state index in [0.29, 0.717) is 10.0 Å². The summed E-state index contributed by atoms with van der Waals surface area (Å²) in [4.78, 5) is 13.8. The van der Waals surface area contributed by atoms with Crippen LogP contribution < -0.4 is 0 Å². The molecule has 1 aromatic carbocycles. The maximum atomic E-state index is 11.8. The van der Waals surface area contributed by atoms with E-state index < -0.39 is 0 Å². The second-order valence-corrected chi connectivity index (χ2v) is 5.39. The topological polar surface area (TPSA) is 20.3 Å². The first-order chi connectivity index (χ1) is 8.40. The van der Waals surface area contributed by atoms with Crippen LogP contribution >= 0.6 is 35.6 Å². The van der Waals surface area contributed by atoms with Gasteiger partial charge >= 0.3 is 0 Å². The highest BCUT2D eigenvalue weighted by atomic mass is 35.5. The van der Waals surface area contributed by atoms with Gasteiger partial charge in [-0.3, -0.25) is 4.79 Å². The monoisotopic (exact) mass is 321 g/mol. The zero-order valence-electron chi connectivity index (χ0n) is 11.2. The standard InChI is InChI=1S/C14H17Cl2NO.ClH/c1-10(9-17(2)3)14(18)7-5-11-4-6-12(15)13(16)8-11;/h4-8,10H,9H2,1-3H3;1H/b7-5+;. The molecule has 0 aliphatic carbocycles. The van der Waals surface area contributed by atoms with Crippen molar-refractivity contribution in [2.75, 3.05) is 20.6 Å². The first-order valence-electron chi connectivity index (χ1n) is 5.72. The number of halogens is 3. The van der Waals surface area contributed by atoms with Crippen LogP contribution in [-0.2, 0) is 4.79 Å². The molecular formula is C14H18Cl3NO. The minimum Gasteiger partial charge on any atom is -0.309 e. The zero-order chi connectivity index (χ0) is 13.7. The third kappa shape index (κ3) is 6.44. The van der Waals surface area contributed by atoms with Gasteiger partial charge in [-0.05, 0) is 37.9 Å². The van der Waals surface area contributed by atoms with E-state index in [9.17, 15) is 4.79 Å². The molecule has 5 heteroatoms. The van der Waals surface area contributed by atoms with Crippen molar-refractivity contribution < 1.29 is 4.79 Å². The minimum atomic E-state index is -0.0148. The van der Waals surface area contributed by atoms with E-state index in [-0.39, 0.29) is 24.1 Å². The number of ketones is 1. The second kappa shape index (κ2) is 8.60. The average molecular weight is 323 g/mol. The number of carbonyl (C=O) groups excluding carboxylic acids is 1. The van der Waals surface area contributed by atoms with Crippen molar-refractivity contribution >= 4 is 47.5 Å². The van der Waals surface area contributed by atoms with Crippen molar-refractivity contribution in [3.63, 3.8) is 0 Å². The van der Waals surface area contributed by atoms with Gasteiger partial charge in [0, 0.05) is 12.5 Å². The predicted molar refractivity (Wildman–Crippen MR) is 85.5 cm³/mol. The Morgan fingerprint density at radius 3 is 2.47 bits per heavy atom. The molecular weight excluding hydrogens is 305 g/mol. The van der Waals surface area contributed by atoms with E-state index in [0.717, 1.165) is 12.1 Å². The van der Waals surface area contributed by atoms with E-state index >= 15 is 0 Å².